The van der Waals surface area contributed by atoms with Gasteiger partial charge in [-0.05, 0) is 48.4 Å². The van der Waals surface area contributed by atoms with Gasteiger partial charge in [-0.25, -0.2) is 0 Å². The van der Waals surface area contributed by atoms with E-state index in [0.717, 1.165) is 18.4 Å². The Labute approximate surface area is 153 Å². The van der Waals surface area contributed by atoms with Crippen LogP contribution >= 0.6 is 0 Å². The maximum Gasteiger partial charge on any atom is 0.185 e. The van der Waals surface area contributed by atoms with Gasteiger partial charge in [0.15, 0.2) is 28.8 Å². The van der Waals surface area contributed by atoms with Crippen LogP contribution in [0.4, 0.5) is 0 Å². The van der Waals surface area contributed by atoms with Crippen LogP contribution in [0.25, 0.3) is 6.08 Å². The quantitative estimate of drug-likeness (QED) is 0.407. The van der Waals surface area contributed by atoms with Crippen molar-refractivity contribution in [2.75, 3.05) is 20.8 Å². The molecule has 0 amide bonds. The predicted molar refractivity (Wildman–Crippen MR) is 101 cm³/mol. The third kappa shape index (κ3) is 5.02. The summed E-state index contributed by atoms with van der Waals surface area (Å²) in [7, 11) is 3.03. The number of hydrogen-bond donors (Lipinski definition) is 1. The Bertz CT molecular complexity index is 780. The molecule has 26 heavy (non-hydrogen) atoms. The number of phenolic OH excluding ortho intramolecular Hbond substituents is 1. The van der Waals surface area contributed by atoms with Crippen LogP contribution in [0.1, 0.15) is 35.7 Å². The molecule has 2 rings (SSSR count). The lowest BCUT2D eigenvalue weighted by atomic mass is 10.1. The number of ether oxygens (including phenoxy) is 3. The van der Waals surface area contributed by atoms with Crippen molar-refractivity contribution in [3.05, 3.63) is 53.6 Å². The minimum Gasteiger partial charge on any atom is -0.504 e. The van der Waals surface area contributed by atoms with Gasteiger partial charge in [0.25, 0.3) is 0 Å². The van der Waals surface area contributed by atoms with Gasteiger partial charge in [-0.2, -0.15) is 0 Å². The molecular weight excluding hydrogens is 332 g/mol. The number of unbranched alkanes of at least 4 members (excludes halogenated alkanes) is 1. The molecule has 0 aliphatic rings. The maximum absolute atomic E-state index is 12.3. The van der Waals surface area contributed by atoms with Crippen molar-refractivity contribution in [2.45, 2.75) is 19.8 Å². The summed E-state index contributed by atoms with van der Waals surface area (Å²) in [5.74, 6) is 1.39. The second-order valence-electron chi connectivity index (χ2n) is 5.70. The molecule has 0 atom stereocenters. The van der Waals surface area contributed by atoms with E-state index in [0.29, 0.717) is 23.7 Å². The summed E-state index contributed by atoms with van der Waals surface area (Å²) >= 11 is 0. The van der Waals surface area contributed by atoms with Crippen molar-refractivity contribution in [3.63, 3.8) is 0 Å². The smallest absolute Gasteiger partial charge is 0.185 e. The molecule has 0 unspecified atom stereocenters. The Morgan fingerprint density at radius 3 is 2.50 bits per heavy atom. The van der Waals surface area contributed by atoms with Crippen LogP contribution in [0, 0.1) is 0 Å². The number of rotatable bonds is 9. The van der Waals surface area contributed by atoms with E-state index in [9.17, 15) is 9.90 Å². The van der Waals surface area contributed by atoms with Crippen LogP contribution in [0.5, 0.6) is 23.0 Å². The van der Waals surface area contributed by atoms with E-state index in [1.54, 1.807) is 19.3 Å². The molecule has 0 aromatic heterocycles. The molecule has 0 bridgehead atoms. The Kier molecular flexibility index (Phi) is 7.09. The summed E-state index contributed by atoms with van der Waals surface area (Å²) in [4.78, 5) is 12.3. The zero-order valence-electron chi connectivity index (χ0n) is 15.3. The largest absolute Gasteiger partial charge is 0.504 e. The van der Waals surface area contributed by atoms with Crippen molar-refractivity contribution < 1.29 is 24.1 Å². The summed E-state index contributed by atoms with van der Waals surface area (Å²) in [5, 5.41) is 9.61. The number of phenols is 1. The fourth-order valence-electron chi connectivity index (χ4n) is 2.33. The Morgan fingerprint density at radius 2 is 1.81 bits per heavy atom. The van der Waals surface area contributed by atoms with E-state index in [4.69, 9.17) is 14.2 Å². The predicted octanol–water partition coefficient (Wildman–Crippen LogP) is 4.48. The molecule has 2 aromatic rings. The van der Waals surface area contributed by atoms with Crippen LogP contribution in [0.15, 0.2) is 42.5 Å². The fourth-order valence-corrected chi connectivity index (χ4v) is 2.33. The van der Waals surface area contributed by atoms with E-state index in [2.05, 4.69) is 6.92 Å². The molecule has 5 heteroatoms. The van der Waals surface area contributed by atoms with E-state index in [-0.39, 0.29) is 17.3 Å². The van der Waals surface area contributed by atoms with Gasteiger partial charge in [-0.15, -0.1) is 0 Å². The monoisotopic (exact) mass is 356 g/mol. The normalized spacial score (nSPS) is 10.7. The van der Waals surface area contributed by atoms with Crippen LogP contribution in [-0.2, 0) is 0 Å². The third-order valence-electron chi connectivity index (χ3n) is 3.83. The highest BCUT2D eigenvalue weighted by Crippen LogP contribution is 2.29. The maximum atomic E-state index is 12.3. The molecule has 0 saturated carbocycles. The molecule has 2 aromatic carbocycles. The highest BCUT2D eigenvalue weighted by molar-refractivity contribution is 6.07. The van der Waals surface area contributed by atoms with Crippen LogP contribution in [0.2, 0.25) is 0 Å². The minimum atomic E-state index is -0.189. The lowest BCUT2D eigenvalue weighted by molar-refractivity contribution is 0.104. The molecule has 0 heterocycles. The number of allylic oxidation sites excluding steroid dienone is 1. The van der Waals surface area contributed by atoms with E-state index in [1.165, 1.54) is 25.3 Å². The van der Waals surface area contributed by atoms with Gasteiger partial charge in [0, 0.05) is 5.56 Å². The van der Waals surface area contributed by atoms with E-state index < -0.39 is 0 Å². The minimum absolute atomic E-state index is 0.00331. The second-order valence-corrected chi connectivity index (χ2v) is 5.70. The molecule has 0 fully saturated rings. The van der Waals surface area contributed by atoms with E-state index in [1.807, 2.05) is 18.2 Å². The second kappa shape index (κ2) is 9.51. The lowest BCUT2D eigenvalue weighted by Crippen LogP contribution is -1.99. The van der Waals surface area contributed by atoms with Crippen molar-refractivity contribution >= 4 is 11.9 Å². The van der Waals surface area contributed by atoms with Gasteiger partial charge < -0.3 is 19.3 Å². The molecule has 1 N–H and O–H groups in total. The Morgan fingerprint density at radius 1 is 1.04 bits per heavy atom. The summed E-state index contributed by atoms with van der Waals surface area (Å²) in [6.45, 7) is 2.75. The van der Waals surface area contributed by atoms with Gasteiger partial charge in [0.05, 0.1) is 20.8 Å². The first-order valence-electron chi connectivity index (χ1n) is 8.49. The van der Waals surface area contributed by atoms with Crippen LogP contribution < -0.4 is 14.2 Å². The summed E-state index contributed by atoms with van der Waals surface area (Å²) < 4.78 is 16.1. The standard InChI is InChI=1S/C21H24O5/c1-4-5-12-26-19-11-7-15(13-21(19)25-3)6-9-17(22)16-8-10-18(23)20(14-16)24-2/h6-11,13-14,23H,4-5,12H2,1-3H3/b9-6+. The number of ketones is 1. The molecule has 5 nitrogen and oxygen atoms in total. The number of aromatic hydroxyl groups is 1. The Hall–Kier alpha value is -2.95. The molecule has 0 radical (unpaired) electrons. The van der Waals surface area contributed by atoms with Crippen LogP contribution in [-0.4, -0.2) is 31.7 Å². The summed E-state index contributed by atoms with van der Waals surface area (Å²) in [6, 6.07) is 10.0. The highest BCUT2D eigenvalue weighted by Gasteiger charge is 2.08. The highest BCUT2D eigenvalue weighted by atomic mass is 16.5. The molecule has 0 spiro atoms. The van der Waals surface area contributed by atoms with Crippen molar-refractivity contribution in [3.8, 4) is 23.0 Å². The topological polar surface area (TPSA) is 65.0 Å². The number of methoxy groups -OCH3 is 2. The molecule has 0 aliphatic carbocycles. The molecule has 0 aliphatic heterocycles. The van der Waals surface area contributed by atoms with Crippen molar-refractivity contribution in [1.82, 2.24) is 0 Å². The molecule has 138 valence electrons. The van der Waals surface area contributed by atoms with E-state index >= 15 is 0 Å². The fraction of sp³-hybridized carbons (Fsp3) is 0.286. The third-order valence-corrected chi connectivity index (χ3v) is 3.83. The number of carbonyl (C=O) groups is 1. The van der Waals surface area contributed by atoms with Gasteiger partial charge in [-0.1, -0.05) is 25.5 Å². The summed E-state index contributed by atoms with van der Waals surface area (Å²) in [6.07, 6.45) is 5.22. The van der Waals surface area contributed by atoms with Crippen molar-refractivity contribution in [2.24, 2.45) is 0 Å². The van der Waals surface area contributed by atoms with Crippen LogP contribution in [0.3, 0.4) is 0 Å². The molecule has 0 saturated heterocycles. The number of benzene rings is 2. The van der Waals surface area contributed by atoms with Gasteiger partial charge in [0.1, 0.15) is 0 Å². The van der Waals surface area contributed by atoms with Gasteiger partial charge >= 0.3 is 0 Å². The first-order valence-corrected chi connectivity index (χ1v) is 8.49. The zero-order valence-corrected chi connectivity index (χ0v) is 15.3. The SMILES string of the molecule is CCCCOc1ccc(/C=C/C(=O)c2ccc(O)c(OC)c2)cc1OC. The Balaban J connectivity index is 2.13. The number of hydrogen-bond acceptors (Lipinski definition) is 5. The summed E-state index contributed by atoms with van der Waals surface area (Å²) in [5.41, 5.74) is 1.26. The first-order chi connectivity index (χ1) is 12.6. The zero-order chi connectivity index (χ0) is 18.9. The van der Waals surface area contributed by atoms with Gasteiger partial charge in [-0.3, -0.25) is 4.79 Å². The molecular formula is C21H24O5. The number of carbonyl (C=O) groups excluding carboxylic acids is 1. The lowest BCUT2D eigenvalue weighted by Gasteiger charge is -2.11. The first kappa shape index (κ1) is 19.4. The average molecular weight is 356 g/mol. The average Bonchev–Trinajstić information content (AvgIpc) is 2.67. The van der Waals surface area contributed by atoms with Crippen molar-refractivity contribution in [1.29, 1.82) is 0 Å². The van der Waals surface area contributed by atoms with Gasteiger partial charge in [0.2, 0.25) is 0 Å².